The highest BCUT2D eigenvalue weighted by Crippen LogP contribution is 2.31. The summed E-state index contributed by atoms with van der Waals surface area (Å²) >= 11 is 1.64. The lowest BCUT2D eigenvalue weighted by Crippen LogP contribution is -2.03. The Morgan fingerprint density at radius 2 is 2.46 bits per heavy atom. The van der Waals surface area contributed by atoms with Gasteiger partial charge >= 0.3 is 0 Å². The van der Waals surface area contributed by atoms with Gasteiger partial charge in [0.05, 0.1) is 17.8 Å². The van der Waals surface area contributed by atoms with Gasteiger partial charge < -0.3 is 4.42 Å². The van der Waals surface area contributed by atoms with Gasteiger partial charge in [-0.25, -0.2) is 0 Å². The van der Waals surface area contributed by atoms with Crippen molar-refractivity contribution in [2.24, 2.45) is 5.92 Å². The summed E-state index contributed by atoms with van der Waals surface area (Å²) in [4.78, 5) is 11.3. The lowest BCUT2D eigenvalue weighted by atomic mass is 10.3. The fraction of sp³-hybridized carbons (Fsp3) is 0.500. The van der Waals surface area contributed by atoms with Gasteiger partial charge in [0.1, 0.15) is 11.5 Å². The molecule has 0 aliphatic heterocycles. The van der Waals surface area contributed by atoms with Gasteiger partial charge in [-0.15, -0.1) is 11.8 Å². The monoisotopic (exact) mass is 196 g/mol. The van der Waals surface area contributed by atoms with Crippen molar-refractivity contribution in [2.45, 2.75) is 18.6 Å². The van der Waals surface area contributed by atoms with Gasteiger partial charge in [-0.2, -0.15) is 0 Å². The Bertz CT molecular complexity index is 275. The standard InChI is InChI=1S/C10H12O2S/c11-10(8-3-4-8)7-13-6-9-2-1-5-12-9/h1-2,5,8H,3-4,6-7H2. The van der Waals surface area contributed by atoms with Crippen molar-refractivity contribution >= 4 is 17.5 Å². The second kappa shape index (κ2) is 4.01. The van der Waals surface area contributed by atoms with Crippen LogP contribution in [0.1, 0.15) is 18.6 Å². The van der Waals surface area contributed by atoms with Crippen LogP contribution in [0, 0.1) is 5.92 Å². The molecule has 3 heteroatoms. The van der Waals surface area contributed by atoms with Crippen LogP contribution in [0.4, 0.5) is 0 Å². The van der Waals surface area contributed by atoms with Crippen LogP contribution in [0.2, 0.25) is 0 Å². The Balaban J connectivity index is 1.66. The molecule has 2 rings (SSSR count). The quantitative estimate of drug-likeness (QED) is 0.724. The number of carbonyl (C=O) groups is 1. The third kappa shape index (κ3) is 2.62. The first-order valence-corrected chi connectivity index (χ1v) is 5.64. The molecule has 0 atom stereocenters. The maximum absolute atomic E-state index is 11.3. The van der Waals surface area contributed by atoms with Crippen molar-refractivity contribution in [3.63, 3.8) is 0 Å². The number of thioether (sulfide) groups is 1. The smallest absolute Gasteiger partial charge is 0.145 e. The van der Waals surface area contributed by atoms with Crippen LogP contribution in [0.3, 0.4) is 0 Å². The van der Waals surface area contributed by atoms with E-state index >= 15 is 0 Å². The molecular formula is C10H12O2S. The maximum atomic E-state index is 11.3. The van der Waals surface area contributed by atoms with E-state index in [2.05, 4.69) is 0 Å². The highest BCUT2D eigenvalue weighted by Gasteiger charge is 2.28. The first kappa shape index (κ1) is 8.88. The summed E-state index contributed by atoms with van der Waals surface area (Å²) < 4.78 is 5.16. The predicted molar refractivity (Wildman–Crippen MR) is 52.6 cm³/mol. The molecule has 70 valence electrons. The number of carbonyl (C=O) groups excluding carboxylic acids is 1. The lowest BCUT2D eigenvalue weighted by molar-refractivity contribution is -0.117. The second-order valence-electron chi connectivity index (χ2n) is 3.31. The van der Waals surface area contributed by atoms with Gasteiger partial charge in [0.2, 0.25) is 0 Å². The number of hydrogen-bond donors (Lipinski definition) is 0. The molecule has 13 heavy (non-hydrogen) atoms. The Labute approximate surface area is 81.7 Å². The maximum Gasteiger partial charge on any atom is 0.145 e. The normalized spacial score (nSPS) is 16.0. The summed E-state index contributed by atoms with van der Waals surface area (Å²) in [6.07, 6.45) is 3.89. The van der Waals surface area contributed by atoms with E-state index in [0.717, 1.165) is 24.4 Å². The Morgan fingerprint density at radius 1 is 1.62 bits per heavy atom. The van der Waals surface area contributed by atoms with Crippen LogP contribution < -0.4 is 0 Å². The summed E-state index contributed by atoms with van der Waals surface area (Å²) in [5, 5.41) is 0. The predicted octanol–water partition coefficient (Wildman–Crippen LogP) is 2.49. The molecular weight excluding hydrogens is 184 g/mol. The molecule has 1 heterocycles. The first-order chi connectivity index (χ1) is 6.36. The average molecular weight is 196 g/mol. The number of ketones is 1. The van der Waals surface area contributed by atoms with E-state index in [0.29, 0.717) is 17.5 Å². The molecule has 1 aliphatic carbocycles. The molecule has 0 unspecified atom stereocenters. The van der Waals surface area contributed by atoms with Crippen molar-refractivity contribution < 1.29 is 9.21 Å². The highest BCUT2D eigenvalue weighted by molar-refractivity contribution is 7.99. The molecule has 0 aromatic carbocycles. The van der Waals surface area contributed by atoms with Crippen LogP contribution in [0.15, 0.2) is 22.8 Å². The van der Waals surface area contributed by atoms with Gasteiger partial charge in [-0.3, -0.25) is 4.79 Å². The SMILES string of the molecule is O=C(CSCc1ccco1)C1CC1. The summed E-state index contributed by atoms with van der Waals surface area (Å²) in [5.41, 5.74) is 0. The van der Waals surface area contributed by atoms with Gasteiger partial charge in [0.25, 0.3) is 0 Å². The summed E-state index contributed by atoms with van der Waals surface area (Å²) in [6.45, 7) is 0. The number of rotatable bonds is 5. The minimum Gasteiger partial charge on any atom is -0.468 e. The van der Waals surface area contributed by atoms with Crippen LogP contribution >= 0.6 is 11.8 Å². The van der Waals surface area contributed by atoms with Crippen LogP contribution in [0.5, 0.6) is 0 Å². The summed E-state index contributed by atoms with van der Waals surface area (Å²) in [7, 11) is 0. The molecule has 0 spiro atoms. The first-order valence-electron chi connectivity index (χ1n) is 4.49. The third-order valence-corrected chi connectivity index (χ3v) is 3.08. The molecule has 0 amide bonds. The molecule has 0 saturated heterocycles. The zero-order chi connectivity index (χ0) is 9.10. The summed E-state index contributed by atoms with van der Waals surface area (Å²) in [6, 6.07) is 3.81. The Morgan fingerprint density at radius 3 is 3.08 bits per heavy atom. The van der Waals surface area contributed by atoms with E-state index in [-0.39, 0.29) is 0 Å². The zero-order valence-electron chi connectivity index (χ0n) is 7.36. The molecule has 2 nitrogen and oxygen atoms in total. The van der Waals surface area contributed by atoms with Gasteiger partial charge in [0.15, 0.2) is 0 Å². The molecule has 0 radical (unpaired) electrons. The fourth-order valence-corrected chi connectivity index (χ4v) is 2.07. The van der Waals surface area contributed by atoms with Gasteiger partial charge in [-0.1, -0.05) is 0 Å². The van der Waals surface area contributed by atoms with Crippen molar-refractivity contribution in [3.05, 3.63) is 24.2 Å². The van der Waals surface area contributed by atoms with E-state index in [1.54, 1.807) is 18.0 Å². The molecule has 1 aliphatic rings. The van der Waals surface area contributed by atoms with Crippen molar-refractivity contribution in [3.8, 4) is 0 Å². The average Bonchev–Trinajstić information content (AvgIpc) is 2.86. The van der Waals surface area contributed by atoms with E-state index in [4.69, 9.17) is 4.42 Å². The second-order valence-corrected chi connectivity index (χ2v) is 4.30. The van der Waals surface area contributed by atoms with E-state index in [9.17, 15) is 4.79 Å². The molecule has 1 saturated carbocycles. The highest BCUT2D eigenvalue weighted by atomic mass is 32.2. The van der Waals surface area contributed by atoms with Crippen molar-refractivity contribution in [2.75, 3.05) is 5.75 Å². The van der Waals surface area contributed by atoms with E-state index in [1.807, 2.05) is 12.1 Å². The summed E-state index contributed by atoms with van der Waals surface area (Å²) in [5.74, 6) is 3.21. The lowest BCUT2D eigenvalue weighted by Gasteiger charge is -1.96. The van der Waals surface area contributed by atoms with Crippen molar-refractivity contribution in [1.29, 1.82) is 0 Å². The van der Waals surface area contributed by atoms with E-state index in [1.165, 1.54) is 0 Å². The fourth-order valence-electron chi connectivity index (χ4n) is 1.17. The molecule has 0 N–H and O–H groups in total. The van der Waals surface area contributed by atoms with Gasteiger partial charge in [0, 0.05) is 5.92 Å². The minimum atomic E-state index is 0.393. The molecule has 1 aromatic rings. The zero-order valence-corrected chi connectivity index (χ0v) is 8.18. The van der Waals surface area contributed by atoms with Crippen LogP contribution in [-0.4, -0.2) is 11.5 Å². The largest absolute Gasteiger partial charge is 0.468 e. The van der Waals surface area contributed by atoms with Crippen LogP contribution in [-0.2, 0) is 10.5 Å². The topological polar surface area (TPSA) is 30.2 Å². The van der Waals surface area contributed by atoms with Crippen LogP contribution in [0.25, 0.3) is 0 Å². The number of furan rings is 1. The van der Waals surface area contributed by atoms with E-state index < -0.39 is 0 Å². The molecule has 1 fully saturated rings. The van der Waals surface area contributed by atoms with Crippen molar-refractivity contribution in [1.82, 2.24) is 0 Å². The molecule has 0 bridgehead atoms. The molecule has 1 aromatic heterocycles. The Kier molecular flexibility index (Phi) is 2.74. The number of hydrogen-bond acceptors (Lipinski definition) is 3. The third-order valence-electron chi connectivity index (χ3n) is 2.10. The number of Topliss-reactive ketones (excluding diaryl/α,β-unsaturated/α-hetero) is 1. The van der Waals surface area contributed by atoms with Gasteiger partial charge in [-0.05, 0) is 25.0 Å². The minimum absolute atomic E-state index is 0.393. The Hall–Kier alpha value is -0.700.